The molecule has 0 bridgehead atoms. The van der Waals surface area contributed by atoms with Crippen molar-refractivity contribution in [3.8, 4) is 0 Å². The second kappa shape index (κ2) is 2.33. The number of hydrogen-bond acceptors (Lipinski definition) is 0. The highest BCUT2D eigenvalue weighted by atomic mass is 28.5. The Morgan fingerprint density at radius 1 is 0.667 bits per heavy atom. The molecule has 0 amide bonds. The zero-order valence-electron chi connectivity index (χ0n) is 3.77. The minimum absolute atomic E-state index is 0.264. The van der Waals surface area contributed by atoms with E-state index in [9.17, 15) is 24.6 Å². The first kappa shape index (κ1) is 9.01. The summed E-state index contributed by atoms with van der Waals surface area (Å²) in [6, 6.07) is 0. The second-order valence-electron chi connectivity index (χ2n) is 1.12. The highest BCUT2D eigenvalue weighted by molar-refractivity contribution is 6.84. The Labute approximate surface area is 49.5 Å². The van der Waals surface area contributed by atoms with Crippen molar-refractivity contribution in [1.29, 1.82) is 0 Å². The van der Waals surface area contributed by atoms with E-state index in [1.807, 2.05) is 0 Å². The first-order valence-corrected chi connectivity index (χ1v) is 4.90. The van der Waals surface area contributed by atoms with Crippen LogP contribution in [0.2, 0.25) is 0 Å². The van der Waals surface area contributed by atoms with Gasteiger partial charge in [0.1, 0.15) is 0 Å². The van der Waals surface area contributed by atoms with Gasteiger partial charge in [0.2, 0.25) is 0 Å². The van der Waals surface area contributed by atoms with Crippen molar-refractivity contribution in [2.75, 3.05) is 0 Å². The van der Waals surface area contributed by atoms with Crippen LogP contribution in [0.15, 0.2) is 0 Å². The predicted octanol–water partition coefficient (Wildman–Crippen LogP) is 1.84. The largest absolute Gasteiger partial charge is 0.629 e. The van der Waals surface area contributed by atoms with Crippen molar-refractivity contribution in [3.05, 3.63) is 5.67 Å². The Morgan fingerprint density at radius 3 is 0.889 bits per heavy atom. The first-order chi connectivity index (χ1) is 3.71. The number of hydrogen-bond donors (Lipinski definition) is 0. The van der Waals surface area contributed by atoms with E-state index in [-0.39, 0.29) is 5.67 Å². The van der Waals surface area contributed by atoms with Crippen LogP contribution in [-0.2, 0) is 0 Å². The molecule has 0 saturated heterocycles. The third-order valence-electron chi connectivity index (χ3n) is 0.283. The van der Waals surface area contributed by atoms with Gasteiger partial charge in [0.05, 0.1) is 0 Å². The molecule has 54 valence electrons. The van der Waals surface area contributed by atoms with Crippen LogP contribution in [-0.4, -0.2) is 18.2 Å². The quantitative estimate of drug-likeness (QED) is 0.347. The molecule has 8 heteroatoms. The Hall–Kier alpha value is 0.0138. The molecule has 0 N–H and O–H groups in total. The lowest BCUT2D eigenvalue weighted by Crippen LogP contribution is -2.31. The van der Waals surface area contributed by atoms with E-state index in [1.54, 1.807) is 0 Å². The minimum Gasteiger partial charge on any atom is -0.237 e. The molecule has 0 aliphatic carbocycles. The summed E-state index contributed by atoms with van der Waals surface area (Å²) in [6.45, 7) is 0. The Kier molecular flexibility index (Phi) is 2.33. The SMILES string of the molecule is F[Si](F)(F)[C][Si](F)(F)F. The summed E-state index contributed by atoms with van der Waals surface area (Å²) < 4.78 is 65.4. The van der Waals surface area contributed by atoms with Gasteiger partial charge >= 0.3 is 18.2 Å². The molecule has 0 saturated carbocycles. The van der Waals surface area contributed by atoms with Gasteiger partial charge in [0.15, 0.2) is 5.67 Å². The molecule has 0 aromatic carbocycles. The van der Waals surface area contributed by atoms with Crippen molar-refractivity contribution in [3.63, 3.8) is 0 Å². The molecule has 0 rings (SSSR count). The lowest BCUT2D eigenvalue weighted by molar-refractivity contribution is 0.458. The van der Waals surface area contributed by atoms with Crippen LogP contribution in [0.25, 0.3) is 0 Å². The van der Waals surface area contributed by atoms with Gasteiger partial charge in [-0.15, -0.1) is 0 Å². The molecule has 0 fully saturated rings. The van der Waals surface area contributed by atoms with E-state index in [0.717, 1.165) is 0 Å². The van der Waals surface area contributed by atoms with Crippen LogP contribution in [0.5, 0.6) is 0 Å². The standard InChI is InChI=1S/CF6Si2/c2-8(3,4)1-9(5,6)7. The van der Waals surface area contributed by atoms with Gasteiger partial charge in [0, 0.05) is 0 Å². The molecule has 9 heavy (non-hydrogen) atoms. The number of rotatable bonds is 2. The molecule has 0 heterocycles. The zero-order chi connectivity index (χ0) is 7.71. The molecular formula is CF6Si2. The van der Waals surface area contributed by atoms with E-state index < -0.39 is 18.2 Å². The highest BCUT2D eigenvalue weighted by Crippen LogP contribution is 2.23. The van der Waals surface area contributed by atoms with Crippen LogP contribution in [0.1, 0.15) is 0 Å². The summed E-state index contributed by atoms with van der Waals surface area (Å²) in [7, 11) is -13.2. The Balaban J connectivity index is 3.75. The molecule has 2 radical (unpaired) electrons. The molecule has 0 aliphatic heterocycles. The topological polar surface area (TPSA) is 0 Å². The fourth-order valence-corrected chi connectivity index (χ4v) is 1.45. The monoisotopic (exact) mass is 182 g/mol. The fourth-order valence-electron chi connectivity index (χ4n) is 0.161. The van der Waals surface area contributed by atoms with E-state index in [1.165, 1.54) is 0 Å². The zero-order valence-corrected chi connectivity index (χ0v) is 5.77. The fraction of sp³-hybridized carbons (Fsp3) is 0. The Morgan fingerprint density at radius 2 is 0.889 bits per heavy atom. The van der Waals surface area contributed by atoms with Crippen molar-refractivity contribution in [1.82, 2.24) is 0 Å². The molecule has 0 atom stereocenters. The van der Waals surface area contributed by atoms with Gasteiger partial charge in [0.25, 0.3) is 0 Å². The maximum absolute atomic E-state index is 10.9. The lowest BCUT2D eigenvalue weighted by atomic mass is 11.9. The summed E-state index contributed by atoms with van der Waals surface area (Å²) in [5.74, 6) is 0. The maximum atomic E-state index is 10.9. The van der Waals surface area contributed by atoms with E-state index >= 15 is 0 Å². The molecule has 0 aliphatic rings. The third kappa shape index (κ3) is 8.01. The molecule has 0 nitrogen and oxygen atoms in total. The lowest BCUT2D eigenvalue weighted by Gasteiger charge is -2.00. The molecule has 0 aromatic rings. The highest BCUT2D eigenvalue weighted by Gasteiger charge is 2.55. The Bertz CT molecular complexity index is 76.2. The molecule has 0 aromatic heterocycles. The molecule has 0 unspecified atom stereocenters. The van der Waals surface area contributed by atoms with E-state index in [2.05, 4.69) is 0 Å². The van der Waals surface area contributed by atoms with Crippen molar-refractivity contribution in [2.45, 2.75) is 0 Å². The molecule has 0 spiro atoms. The van der Waals surface area contributed by atoms with Crippen molar-refractivity contribution in [2.24, 2.45) is 0 Å². The second-order valence-corrected chi connectivity index (χ2v) is 4.11. The van der Waals surface area contributed by atoms with Crippen LogP contribution < -0.4 is 0 Å². The van der Waals surface area contributed by atoms with Crippen molar-refractivity contribution < 1.29 is 24.6 Å². The first-order valence-electron chi connectivity index (χ1n) is 1.63. The summed E-state index contributed by atoms with van der Waals surface area (Å²) in [5.41, 5.74) is -0.264. The normalized spacial score (nSPS) is 14.0. The predicted molar refractivity (Wildman–Crippen MR) is 21.4 cm³/mol. The number of halogens is 6. The van der Waals surface area contributed by atoms with Gasteiger partial charge < -0.3 is 0 Å². The van der Waals surface area contributed by atoms with Crippen LogP contribution in [0.3, 0.4) is 0 Å². The maximum Gasteiger partial charge on any atom is 0.629 e. The molecular weight excluding hydrogens is 182 g/mol. The van der Waals surface area contributed by atoms with E-state index in [4.69, 9.17) is 0 Å². The summed E-state index contributed by atoms with van der Waals surface area (Å²) in [6.07, 6.45) is 0. The average molecular weight is 182 g/mol. The van der Waals surface area contributed by atoms with Crippen molar-refractivity contribution >= 4 is 18.2 Å². The van der Waals surface area contributed by atoms with Crippen LogP contribution >= 0.6 is 0 Å². The van der Waals surface area contributed by atoms with Crippen LogP contribution in [0, 0.1) is 5.67 Å². The third-order valence-corrected chi connectivity index (χ3v) is 2.55. The van der Waals surface area contributed by atoms with Gasteiger partial charge in [-0.2, -0.15) is 0 Å². The summed E-state index contributed by atoms with van der Waals surface area (Å²) in [4.78, 5) is 0. The van der Waals surface area contributed by atoms with E-state index in [0.29, 0.717) is 0 Å². The average Bonchev–Trinajstić information content (AvgIpc) is 1.14. The smallest absolute Gasteiger partial charge is 0.237 e. The van der Waals surface area contributed by atoms with Gasteiger partial charge in [-0.1, -0.05) is 0 Å². The summed E-state index contributed by atoms with van der Waals surface area (Å²) in [5, 5.41) is 0. The van der Waals surface area contributed by atoms with Crippen LogP contribution in [0.4, 0.5) is 24.6 Å². The minimum atomic E-state index is -6.61. The van der Waals surface area contributed by atoms with Gasteiger partial charge in [-0.05, 0) is 0 Å². The van der Waals surface area contributed by atoms with Gasteiger partial charge in [-0.25, -0.2) is 24.6 Å². The van der Waals surface area contributed by atoms with Gasteiger partial charge in [-0.3, -0.25) is 0 Å². The summed E-state index contributed by atoms with van der Waals surface area (Å²) >= 11 is 0.